The molecule has 0 heterocycles. The summed E-state index contributed by atoms with van der Waals surface area (Å²) in [5.74, 6) is -0.342. The molecule has 0 radical (unpaired) electrons. The number of hydrogen-bond acceptors (Lipinski definition) is 1. The maximum atomic E-state index is 13.4. The van der Waals surface area contributed by atoms with Crippen LogP contribution in [0.15, 0.2) is 48.5 Å². The molecule has 26 heavy (non-hydrogen) atoms. The maximum Gasteiger partial charge on any atom is 0.416 e. The van der Waals surface area contributed by atoms with Gasteiger partial charge in [0.1, 0.15) is 5.82 Å². The molecule has 2 N–H and O–H groups in total. The molecule has 0 aromatic heterocycles. The Morgan fingerprint density at radius 1 is 1.08 bits per heavy atom. The summed E-state index contributed by atoms with van der Waals surface area (Å²) in [6, 6.07) is 10.1. The number of carbonyl (C=O) groups excluding carboxylic acids is 1. The van der Waals surface area contributed by atoms with Crippen molar-refractivity contribution in [3.05, 3.63) is 65.5 Å². The third-order valence-electron chi connectivity index (χ3n) is 4.57. The monoisotopic (exact) mass is 366 g/mol. The molecular formula is C19H18F4N2O. The second-order valence-corrected chi connectivity index (χ2v) is 6.60. The Hall–Kier alpha value is -2.57. The number of hydrogen-bond donors (Lipinski definition) is 2. The van der Waals surface area contributed by atoms with Crippen LogP contribution in [0, 0.1) is 5.82 Å². The van der Waals surface area contributed by atoms with E-state index in [2.05, 4.69) is 10.6 Å². The number of anilines is 1. The molecule has 138 valence electrons. The highest BCUT2D eigenvalue weighted by Crippen LogP contribution is 2.35. The number of urea groups is 1. The third-order valence-corrected chi connectivity index (χ3v) is 4.57. The van der Waals surface area contributed by atoms with Gasteiger partial charge in [-0.15, -0.1) is 0 Å². The lowest BCUT2D eigenvalue weighted by molar-refractivity contribution is -0.137. The molecular weight excluding hydrogens is 348 g/mol. The minimum atomic E-state index is -4.47. The van der Waals surface area contributed by atoms with E-state index in [1.165, 1.54) is 24.3 Å². The van der Waals surface area contributed by atoms with E-state index < -0.39 is 23.3 Å². The van der Waals surface area contributed by atoms with Gasteiger partial charge in [0.25, 0.3) is 0 Å². The predicted molar refractivity (Wildman–Crippen MR) is 90.3 cm³/mol. The van der Waals surface area contributed by atoms with Crippen LogP contribution in [0.2, 0.25) is 0 Å². The Bertz CT molecular complexity index is 800. The van der Waals surface area contributed by atoms with Crippen molar-refractivity contribution in [2.45, 2.75) is 37.4 Å². The van der Waals surface area contributed by atoms with Crippen molar-refractivity contribution in [1.29, 1.82) is 0 Å². The summed E-state index contributed by atoms with van der Waals surface area (Å²) in [6.45, 7) is 0. The van der Waals surface area contributed by atoms with E-state index in [1.54, 1.807) is 12.1 Å². The first-order valence-electron chi connectivity index (χ1n) is 8.27. The zero-order valence-corrected chi connectivity index (χ0v) is 13.9. The quantitative estimate of drug-likeness (QED) is 0.724. The minimum Gasteiger partial charge on any atom is -0.332 e. The fourth-order valence-corrected chi connectivity index (χ4v) is 3.16. The molecule has 7 heteroatoms. The number of alkyl halides is 3. The van der Waals surface area contributed by atoms with Gasteiger partial charge in [0.2, 0.25) is 0 Å². The lowest BCUT2D eigenvalue weighted by Gasteiger charge is -2.42. The summed E-state index contributed by atoms with van der Waals surface area (Å²) in [5.41, 5.74) is -0.491. The van der Waals surface area contributed by atoms with Crippen molar-refractivity contribution < 1.29 is 22.4 Å². The Morgan fingerprint density at radius 2 is 1.81 bits per heavy atom. The molecule has 1 aliphatic rings. The Labute approximate surface area is 148 Å². The molecule has 1 fully saturated rings. The summed E-state index contributed by atoms with van der Waals surface area (Å²) in [6.07, 6.45) is -1.60. The van der Waals surface area contributed by atoms with Crippen LogP contribution < -0.4 is 10.6 Å². The van der Waals surface area contributed by atoms with Gasteiger partial charge in [-0.1, -0.05) is 18.2 Å². The second-order valence-electron chi connectivity index (χ2n) is 6.60. The zero-order valence-electron chi connectivity index (χ0n) is 13.9. The van der Waals surface area contributed by atoms with Crippen LogP contribution in [-0.4, -0.2) is 11.6 Å². The SMILES string of the molecule is O=C(Nc1cccc(C(F)(F)F)c1)NC1(Cc2cccc(F)c2)CCC1. The molecule has 0 aliphatic heterocycles. The molecule has 0 unspecified atom stereocenters. The third kappa shape index (κ3) is 4.33. The molecule has 1 aliphatic carbocycles. The van der Waals surface area contributed by atoms with E-state index in [4.69, 9.17) is 0 Å². The van der Waals surface area contributed by atoms with Gasteiger partial charge < -0.3 is 10.6 Å². The number of amides is 2. The van der Waals surface area contributed by atoms with Crippen LogP contribution in [0.25, 0.3) is 0 Å². The van der Waals surface area contributed by atoms with Crippen LogP contribution in [-0.2, 0) is 12.6 Å². The van der Waals surface area contributed by atoms with Gasteiger partial charge in [-0.25, -0.2) is 9.18 Å². The topological polar surface area (TPSA) is 41.1 Å². The van der Waals surface area contributed by atoms with Gasteiger partial charge in [-0.2, -0.15) is 13.2 Å². The molecule has 2 aromatic rings. The average molecular weight is 366 g/mol. The van der Waals surface area contributed by atoms with E-state index in [0.29, 0.717) is 6.42 Å². The Kier molecular flexibility index (Phi) is 4.89. The number of nitrogens with one attached hydrogen (secondary N) is 2. The second kappa shape index (κ2) is 6.97. The lowest BCUT2D eigenvalue weighted by Crippen LogP contribution is -2.56. The highest BCUT2D eigenvalue weighted by atomic mass is 19.4. The van der Waals surface area contributed by atoms with Crippen molar-refractivity contribution in [3.63, 3.8) is 0 Å². The van der Waals surface area contributed by atoms with Crippen molar-refractivity contribution in [3.8, 4) is 0 Å². The Balaban J connectivity index is 1.66. The van der Waals surface area contributed by atoms with Gasteiger partial charge in [-0.05, 0) is 61.6 Å². The van der Waals surface area contributed by atoms with E-state index in [0.717, 1.165) is 37.0 Å². The number of carbonyl (C=O) groups is 1. The fourth-order valence-electron chi connectivity index (χ4n) is 3.16. The standard InChI is InChI=1S/C19H18F4N2O/c20-15-6-1-4-13(10-15)12-18(8-3-9-18)25-17(26)24-16-7-2-5-14(11-16)19(21,22)23/h1-2,4-7,10-11H,3,8-9,12H2,(H2,24,25,26). The van der Waals surface area contributed by atoms with Crippen molar-refractivity contribution in [1.82, 2.24) is 5.32 Å². The van der Waals surface area contributed by atoms with Gasteiger partial charge in [-0.3, -0.25) is 0 Å². The number of benzene rings is 2. The molecule has 0 spiro atoms. The minimum absolute atomic E-state index is 0.0672. The maximum absolute atomic E-state index is 13.4. The van der Waals surface area contributed by atoms with Gasteiger partial charge in [0.05, 0.1) is 5.56 Å². The first-order valence-corrected chi connectivity index (χ1v) is 8.27. The van der Waals surface area contributed by atoms with Crippen molar-refractivity contribution >= 4 is 11.7 Å². The largest absolute Gasteiger partial charge is 0.416 e. The normalized spacial score (nSPS) is 15.8. The smallest absolute Gasteiger partial charge is 0.332 e. The van der Waals surface area contributed by atoms with Crippen molar-refractivity contribution in [2.24, 2.45) is 0 Å². The molecule has 0 bridgehead atoms. The van der Waals surface area contributed by atoms with Crippen molar-refractivity contribution in [2.75, 3.05) is 5.32 Å². The fraction of sp³-hybridized carbons (Fsp3) is 0.316. The first-order chi connectivity index (χ1) is 12.3. The molecule has 3 nitrogen and oxygen atoms in total. The molecule has 0 saturated heterocycles. The van der Waals surface area contributed by atoms with Crippen LogP contribution in [0.3, 0.4) is 0 Å². The zero-order chi connectivity index (χ0) is 18.8. The molecule has 0 atom stereocenters. The predicted octanol–water partition coefficient (Wildman–Crippen LogP) is 5.13. The summed E-state index contributed by atoms with van der Waals surface area (Å²) >= 11 is 0. The summed E-state index contributed by atoms with van der Waals surface area (Å²) < 4.78 is 51.6. The first kappa shape index (κ1) is 18.2. The highest BCUT2D eigenvalue weighted by Gasteiger charge is 2.38. The van der Waals surface area contributed by atoms with E-state index in [9.17, 15) is 22.4 Å². The summed E-state index contributed by atoms with van der Waals surface area (Å²) in [5, 5.41) is 5.30. The summed E-state index contributed by atoms with van der Waals surface area (Å²) in [4.78, 5) is 12.3. The molecule has 2 amide bonds. The molecule has 3 rings (SSSR count). The summed E-state index contributed by atoms with van der Waals surface area (Å²) in [7, 11) is 0. The lowest BCUT2D eigenvalue weighted by atomic mass is 9.73. The van der Waals surface area contributed by atoms with E-state index in [1.807, 2.05) is 0 Å². The Morgan fingerprint density at radius 3 is 2.42 bits per heavy atom. The molecule has 1 saturated carbocycles. The number of halogens is 4. The number of rotatable bonds is 4. The van der Waals surface area contributed by atoms with Crippen LogP contribution in [0.1, 0.15) is 30.4 Å². The van der Waals surface area contributed by atoms with E-state index in [-0.39, 0.29) is 11.5 Å². The van der Waals surface area contributed by atoms with Gasteiger partial charge in [0, 0.05) is 11.2 Å². The average Bonchev–Trinajstić information content (AvgIpc) is 2.52. The van der Waals surface area contributed by atoms with Gasteiger partial charge >= 0.3 is 12.2 Å². The van der Waals surface area contributed by atoms with Crippen LogP contribution in [0.5, 0.6) is 0 Å². The van der Waals surface area contributed by atoms with Crippen LogP contribution >= 0.6 is 0 Å². The molecule has 2 aromatic carbocycles. The van der Waals surface area contributed by atoms with Gasteiger partial charge in [0.15, 0.2) is 0 Å². The van der Waals surface area contributed by atoms with E-state index >= 15 is 0 Å². The van der Waals surface area contributed by atoms with Crippen LogP contribution in [0.4, 0.5) is 28.0 Å². The highest BCUT2D eigenvalue weighted by molar-refractivity contribution is 5.90.